The van der Waals surface area contributed by atoms with Crippen LogP contribution in [0.5, 0.6) is 0 Å². The second-order valence-corrected chi connectivity index (χ2v) is 4.54. The summed E-state index contributed by atoms with van der Waals surface area (Å²) in [5, 5.41) is 3.32. The van der Waals surface area contributed by atoms with Crippen LogP contribution in [0.4, 0.5) is 13.2 Å². The Morgan fingerprint density at radius 1 is 1.38 bits per heavy atom. The van der Waals surface area contributed by atoms with E-state index in [1.165, 1.54) is 17.7 Å². The third kappa shape index (κ3) is 5.70. The van der Waals surface area contributed by atoms with Crippen molar-refractivity contribution in [3.8, 4) is 0 Å². The molecule has 0 aromatic heterocycles. The molecule has 0 heterocycles. The second kappa shape index (κ2) is 5.87. The largest absolute Gasteiger partial charge is 0.401 e. The van der Waals surface area contributed by atoms with Crippen LogP contribution in [0.3, 0.4) is 0 Å². The molecule has 1 atom stereocenters. The lowest BCUT2D eigenvalue weighted by molar-refractivity contribution is -0.149. The Morgan fingerprint density at radius 3 is 2.44 bits per heavy atom. The Hall–Kier alpha value is -0.290. The van der Waals surface area contributed by atoms with Crippen LogP contribution < -0.4 is 5.32 Å². The first-order chi connectivity index (χ1) is 7.42. The molecule has 1 saturated carbocycles. The predicted molar refractivity (Wildman–Crippen MR) is 58.4 cm³/mol. The number of halogens is 3. The SMILES string of the molecule is CCN(CC(F)(F)F)C(C)CCNC1CC1. The van der Waals surface area contributed by atoms with Crippen LogP contribution in [0.2, 0.25) is 0 Å². The van der Waals surface area contributed by atoms with Crippen molar-refractivity contribution in [3.05, 3.63) is 0 Å². The van der Waals surface area contributed by atoms with E-state index in [0.29, 0.717) is 12.6 Å². The first-order valence-electron chi connectivity index (χ1n) is 5.96. The summed E-state index contributed by atoms with van der Waals surface area (Å²) in [5.74, 6) is 0. The molecule has 1 aliphatic carbocycles. The van der Waals surface area contributed by atoms with E-state index < -0.39 is 12.7 Å². The standard InChI is InChI=1S/C11H21F3N2/c1-3-16(8-11(12,13)14)9(2)6-7-15-10-4-5-10/h9-10,15H,3-8H2,1-2H3. The molecule has 0 aliphatic heterocycles. The summed E-state index contributed by atoms with van der Waals surface area (Å²) < 4.78 is 36.8. The minimum atomic E-state index is -4.09. The van der Waals surface area contributed by atoms with Gasteiger partial charge in [-0.15, -0.1) is 0 Å². The Kier molecular flexibility index (Phi) is 5.05. The second-order valence-electron chi connectivity index (χ2n) is 4.54. The van der Waals surface area contributed by atoms with Crippen LogP contribution in [-0.4, -0.2) is 42.8 Å². The molecule has 0 saturated heterocycles. The number of rotatable bonds is 7. The molecular weight excluding hydrogens is 217 g/mol. The quantitative estimate of drug-likeness (QED) is 0.732. The highest BCUT2D eigenvalue weighted by Crippen LogP contribution is 2.20. The monoisotopic (exact) mass is 238 g/mol. The van der Waals surface area contributed by atoms with Gasteiger partial charge in [-0.05, 0) is 39.3 Å². The summed E-state index contributed by atoms with van der Waals surface area (Å²) in [5.41, 5.74) is 0. The maximum absolute atomic E-state index is 12.3. The smallest absolute Gasteiger partial charge is 0.314 e. The highest BCUT2D eigenvalue weighted by Gasteiger charge is 2.31. The maximum Gasteiger partial charge on any atom is 0.401 e. The van der Waals surface area contributed by atoms with E-state index >= 15 is 0 Å². The van der Waals surface area contributed by atoms with Crippen molar-refractivity contribution in [2.24, 2.45) is 0 Å². The molecule has 1 fully saturated rings. The molecule has 0 bridgehead atoms. The van der Waals surface area contributed by atoms with Crippen LogP contribution in [-0.2, 0) is 0 Å². The summed E-state index contributed by atoms with van der Waals surface area (Å²) in [6, 6.07) is 0.614. The van der Waals surface area contributed by atoms with Gasteiger partial charge in [0.2, 0.25) is 0 Å². The summed E-state index contributed by atoms with van der Waals surface area (Å²) in [6.45, 7) is 4.11. The van der Waals surface area contributed by atoms with Gasteiger partial charge >= 0.3 is 6.18 Å². The number of hydrogen-bond donors (Lipinski definition) is 1. The summed E-state index contributed by atoms with van der Waals surface area (Å²) in [4.78, 5) is 1.48. The molecule has 5 heteroatoms. The van der Waals surface area contributed by atoms with Gasteiger partial charge in [-0.25, -0.2) is 0 Å². The van der Waals surface area contributed by atoms with Gasteiger partial charge in [0, 0.05) is 12.1 Å². The first kappa shape index (κ1) is 13.8. The summed E-state index contributed by atoms with van der Waals surface area (Å²) >= 11 is 0. The van der Waals surface area contributed by atoms with Crippen LogP contribution in [0.1, 0.15) is 33.1 Å². The lowest BCUT2D eigenvalue weighted by Gasteiger charge is -2.28. The number of hydrogen-bond acceptors (Lipinski definition) is 2. The first-order valence-corrected chi connectivity index (χ1v) is 5.96. The van der Waals surface area contributed by atoms with Crippen molar-refractivity contribution in [2.45, 2.75) is 51.4 Å². The third-order valence-corrected chi connectivity index (χ3v) is 2.98. The highest BCUT2D eigenvalue weighted by atomic mass is 19.4. The van der Waals surface area contributed by atoms with Gasteiger partial charge in [-0.2, -0.15) is 13.2 Å². The van der Waals surface area contributed by atoms with Crippen molar-refractivity contribution in [2.75, 3.05) is 19.6 Å². The Morgan fingerprint density at radius 2 is 2.00 bits per heavy atom. The molecule has 1 aliphatic rings. The Bertz CT molecular complexity index is 202. The van der Waals surface area contributed by atoms with Crippen molar-refractivity contribution in [1.29, 1.82) is 0 Å². The fourth-order valence-electron chi connectivity index (χ4n) is 1.78. The van der Waals surface area contributed by atoms with Crippen molar-refractivity contribution in [3.63, 3.8) is 0 Å². The average molecular weight is 238 g/mol. The van der Waals surface area contributed by atoms with Crippen LogP contribution in [0.25, 0.3) is 0 Å². The predicted octanol–water partition coefficient (Wildman–Crippen LogP) is 2.40. The van der Waals surface area contributed by atoms with E-state index in [1.54, 1.807) is 6.92 Å². The van der Waals surface area contributed by atoms with Gasteiger partial charge in [0.05, 0.1) is 6.54 Å². The van der Waals surface area contributed by atoms with E-state index in [1.807, 2.05) is 6.92 Å². The average Bonchev–Trinajstić information content (AvgIpc) is 2.96. The van der Waals surface area contributed by atoms with Gasteiger partial charge in [0.25, 0.3) is 0 Å². The molecule has 1 unspecified atom stereocenters. The zero-order valence-electron chi connectivity index (χ0n) is 9.98. The molecule has 2 nitrogen and oxygen atoms in total. The molecule has 16 heavy (non-hydrogen) atoms. The summed E-state index contributed by atoms with van der Waals surface area (Å²) in [7, 11) is 0. The van der Waals surface area contributed by atoms with Crippen molar-refractivity contribution in [1.82, 2.24) is 10.2 Å². The van der Waals surface area contributed by atoms with Crippen LogP contribution in [0, 0.1) is 0 Å². The van der Waals surface area contributed by atoms with E-state index in [4.69, 9.17) is 0 Å². The molecule has 0 spiro atoms. The topological polar surface area (TPSA) is 15.3 Å². The van der Waals surface area contributed by atoms with Crippen molar-refractivity contribution < 1.29 is 13.2 Å². The Labute approximate surface area is 95.2 Å². The molecule has 1 N–H and O–H groups in total. The third-order valence-electron chi connectivity index (χ3n) is 2.98. The Balaban J connectivity index is 2.21. The molecule has 0 aromatic carbocycles. The molecule has 1 rings (SSSR count). The fourth-order valence-corrected chi connectivity index (χ4v) is 1.78. The summed E-state index contributed by atoms with van der Waals surface area (Å²) in [6.07, 6.45) is -0.878. The molecular formula is C11H21F3N2. The zero-order chi connectivity index (χ0) is 12.2. The lowest BCUT2D eigenvalue weighted by Crippen LogP contribution is -2.41. The van der Waals surface area contributed by atoms with Gasteiger partial charge < -0.3 is 5.32 Å². The fraction of sp³-hybridized carbons (Fsp3) is 1.00. The maximum atomic E-state index is 12.3. The zero-order valence-corrected chi connectivity index (χ0v) is 9.98. The van der Waals surface area contributed by atoms with Gasteiger partial charge in [-0.3, -0.25) is 4.90 Å². The van der Waals surface area contributed by atoms with E-state index in [0.717, 1.165) is 13.0 Å². The molecule has 0 radical (unpaired) electrons. The van der Waals surface area contributed by atoms with Gasteiger partial charge in [0.1, 0.15) is 0 Å². The number of nitrogens with zero attached hydrogens (tertiary/aromatic N) is 1. The molecule has 0 amide bonds. The highest BCUT2D eigenvalue weighted by molar-refractivity contribution is 4.81. The van der Waals surface area contributed by atoms with E-state index in [-0.39, 0.29) is 6.04 Å². The molecule has 0 aromatic rings. The van der Waals surface area contributed by atoms with Gasteiger partial charge in [0.15, 0.2) is 0 Å². The van der Waals surface area contributed by atoms with E-state index in [9.17, 15) is 13.2 Å². The van der Waals surface area contributed by atoms with Gasteiger partial charge in [-0.1, -0.05) is 6.92 Å². The number of alkyl halides is 3. The number of nitrogens with one attached hydrogen (secondary N) is 1. The van der Waals surface area contributed by atoms with Crippen LogP contribution >= 0.6 is 0 Å². The minimum Gasteiger partial charge on any atom is -0.314 e. The lowest BCUT2D eigenvalue weighted by atomic mass is 10.2. The minimum absolute atomic E-state index is 0.0159. The van der Waals surface area contributed by atoms with E-state index in [2.05, 4.69) is 5.32 Å². The van der Waals surface area contributed by atoms with Crippen LogP contribution in [0.15, 0.2) is 0 Å². The molecule has 96 valence electrons. The van der Waals surface area contributed by atoms with Crippen molar-refractivity contribution >= 4 is 0 Å². The normalized spacial score (nSPS) is 19.1.